The molecule has 3 nitrogen and oxygen atoms in total. The maximum atomic E-state index is 11.7. The second-order valence-electron chi connectivity index (χ2n) is 3.92. The standard InChI is InChI=1S/C14H15NO2S2/c1-10-12(15)9-13(19-10)14(16)17-7-8-18-11-5-3-2-4-6-11/h2-6,9H,7-8,15H2,1H3. The van der Waals surface area contributed by atoms with Crippen LogP contribution in [0.4, 0.5) is 5.69 Å². The van der Waals surface area contributed by atoms with E-state index >= 15 is 0 Å². The second-order valence-corrected chi connectivity index (χ2v) is 6.34. The zero-order valence-electron chi connectivity index (χ0n) is 10.6. The van der Waals surface area contributed by atoms with Gasteiger partial charge in [-0.25, -0.2) is 4.79 Å². The van der Waals surface area contributed by atoms with E-state index in [-0.39, 0.29) is 5.97 Å². The molecule has 19 heavy (non-hydrogen) atoms. The summed E-state index contributed by atoms with van der Waals surface area (Å²) in [7, 11) is 0. The number of hydrogen-bond donors (Lipinski definition) is 1. The third-order valence-electron chi connectivity index (χ3n) is 2.49. The van der Waals surface area contributed by atoms with Crippen LogP contribution in [0.3, 0.4) is 0 Å². The Bertz CT molecular complexity index is 532. The molecule has 2 rings (SSSR count). The highest BCUT2D eigenvalue weighted by Crippen LogP contribution is 2.24. The molecule has 0 bridgehead atoms. The molecule has 0 aliphatic carbocycles. The largest absolute Gasteiger partial charge is 0.461 e. The molecule has 1 aromatic carbocycles. The monoisotopic (exact) mass is 293 g/mol. The van der Waals surface area contributed by atoms with E-state index in [1.807, 2.05) is 37.3 Å². The maximum absolute atomic E-state index is 11.7. The molecular weight excluding hydrogens is 278 g/mol. The van der Waals surface area contributed by atoms with Crippen molar-refractivity contribution in [2.45, 2.75) is 11.8 Å². The average molecular weight is 293 g/mol. The van der Waals surface area contributed by atoms with Gasteiger partial charge in [0, 0.05) is 21.2 Å². The van der Waals surface area contributed by atoms with E-state index < -0.39 is 0 Å². The number of nitrogen functional groups attached to an aromatic ring is 1. The highest BCUT2D eigenvalue weighted by molar-refractivity contribution is 7.99. The Hall–Kier alpha value is -1.46. The van der Waals surface area contributed by atoms with Crippen LogP contribution in [-0.2, 0) is 4.74 Å². The van der Waals surface area contributed by atoms with Gasteiger partial charge in [0.25, 0.3) is 0 Å². The van der Waals surface area contributed by atoms with Gasteiger partial charge in [0.2, 0.25) is 0 Å². The highest BCUT2D eigenvalue weighted by atomic mass is 32.2. The van der Waals surface area contributed by atoms with E-state index in [1.165, 1.54) is 16.2 Å². The number of nitrogens with two attached hydrogens (primary N) is 1. The normalized spacial score (nSPS) is 10.4. The molecule has 0 aliphatic rings. The van der Waals surface area contributed by atoms with Crippen molar-refractivity contribution in [1.82, 2.24) is 0 Å². The van der Waals surface area contributed by atoms with Crippen LogP contribution in [0.2, 0.25) is 0 Å². The van der Waals surface area contributed by atoms with Gasteiger partial charge < -0.3 is 10.5 Å². The molecule has 0 aliphatic heterocycles. The van der Waals surface area contributed by atoms with Crippen molar-refractivity contribution in [3.8, 4) is 0 Å². The number of esters is 1. The molecule has 0 amide bonds. The number of carbonyl (C=O) groups is 1. The fourth-order valence-corrected chi connectivity index (χ4v) is 3.07. The summed E-state index contributed by atoms with van der Waals surface area (Å²) in [5.41, 5.74) is 6.36. The summed E-state index contributed by atoms with van der Waals surface area (Å²) >= 11 is 3.04. The minimum absolute atomic E-state index is 0.293. The first-order valence-electron chi connectivity index (χ1n) is 5.87. The average Bonchev–Trinajstić information content (AvgIpc) is 2.76. The van der Waals surface area contributed by atoms with Crippen LogP contribution in [0.25, 0.3) is 0 Å². The number of benzene rings is 1. The Morgan fingerprint density at radius 3 is 2.74 bits per heavy atom. The lowest BCUT2D eigenvalue weighted by atomic mass is 10.4. The van der Waals surface area contributed by atoms with Crippen LogP contribution in [0.5, 0.6) is 0 Å². The lowest BCUT2D eigenvalue weighted by Gasteiger charge is -2.03. The molecule has 0 fully saturated rings. The van der Waals surface area contributed by atoms with E-state index in [1.54, 1.807) is 17.8 Å². The molecule has 1 aromatic heterocycles. The molecule has 0 atom stereocenters. The molecule has 2 N–H and O–H groups in total. The van der Waals surface area contributed by atoms with E-state index in [9.17, 15) is 4.79 Å². The molecule has 2 aromatic rings. The van der Waals surface area contributed by atoms with Crippen LogP contribution < -0.4 is 5.73 Å². The van der Waals surface area contributed by atoms with E-state index in [4.69, 9.17) is 10.5 Å². The third kappa shape index (κ3) is 4.01. The number of thiophene rings is 1. The van der Waals surface area contributed by atoms with Gasteiger partial charge in [-0.05, 0) is 25.1 Å². The van der Waals surface area contributed by atoms with E-state index in [2.05, 4.69) is 0 Å². The molecule has 0 saturated heterocycles. The summed E-state index contributed by atoms with van der Waals surface area (Å²) in [6.45, 7) is 2.29. The van der Waals surface area contributed by atoms with Crippen LogP contribution >= 0.6 is 23.1 Å². The van der Waals surface area contributed by atoms with Gasteiger partial charge in [-0.1, -0.05) is 18.2 Å². The minimum atomic E-state index is -0.293. The Morgan fingerprint density at radius 1 is 1.37 bits per heavy atom. The fourth-order valence-electron chi connectivity index (χ4n) is 1.48. The van der Waals surface area contributed by atoms with Gasteiger partial charge in [0.15, 0.2) is 0 Å². The smallest absolute Gasteiger partial charge is 0.348 e. The van der Waals surface area contributed by atoms with Crippen molar-refractivity contribution in [2.24, 2.45) is 0 Å². The van der Waals surface area contributed by atoms with E-state index in [0.717, 1.165) is 10.6 Å². The highest BCUT2D eigenvalue weighted by Gasteiger charge is 2.11. The summed E-state index contributed by atoms with van der Waals surface area (Å²) in [6.07, 6.45) is 0. The third-order valence-corrected chi connectivity index (χ3v) is 4.51. The number of ether oxygens (including phenoxy) is 1. The van der Waals surface area contributed by atoms with Crippen molar-refractivity contribution in [2.75, 3.05) is 18.1 Å². The van der Waals surface area contributed by atoms with Crippen molar-refractivity contribution in [3.05, 3.63) is 46.2 Å². The summed E-state index contributed by atoms with van der Waals surface area (Å²) in [6, 6.07) is 11.7. The predicted molar refractivity (Wildman–Crippen MR) is 80.9 cm³/mol. The van der Waals surface area contributed by atoms with Crippen molar-refractivity contribution < 1.29 is 9.53 Å². The van der Waals surface area contributed by atoms with Gasteiger partial charge in [-0.15, -0.1) is 23.1 Å². The van der Waals surface area contributed by atoms with Crippen molar-refractivity contribution in [3.63, 3.8) is 0 Å². The molecule has 0 radical (unpaired) electrons. The van der Waals surface area contributed by atoms with Gasteiger partial charge in [-0.2, -0.15) is 0 Å². The van der Waals surface area contributed by atoms with Crippen LogP contribution in [0, 0.1) is 6.92 Å². The van der Waals surface area contributed by atoms with Crippen molar-refractivity contribution >= 4 is 34.8 Å². The molecule has 100 valence electrons. The van der Waals surface area contributed by atoms with Gasteiger partial charge in [0.1, 0.15) is 11.5 Å². The number of thioether (sulfide) groups is 1. The first-order valence-corrected chi connectivity index (χ1v) is 7.68. The molecule has 5 heteroatoms. The Morgan fingerprint density at radius 2 is 2.11 bits per heavy atom. The SMILES string of the molecule is Cc1sc(C(=O)OCCSc2ccccc2)cc1N. The molecule has 0 saturated carbocycles. The van der Waals surface area contributed by atoms with Crippen LogP contribution in [0.1, 0.15) is 14.5 Å². The summed E-state index contributed by atoms with van der Waals surface area (Å²) in [5.74, 6) is 0.453. The molecular formula is C14H15NO2S2. The van der Waals surface area contributed by atoms with Gasteiger partial charge in [-0.3, -0.25) is 0 Å². The Balaban J connectivity index is 1.75. The first-order chi connectivity index (χ1) is 9.16. The zero-order valence-corrected chi connectivity index (χ0v) is 12.2. The number of anilines is 1. The van der Waals surface area contributed by atoms with E-state index in [0.29, 0.717) is 17.2 Å². The summed E-state index contributed by atoms with van der Waals surface area (Å²) in [4.78, 5) is 14.4. The minimum Gasteiger partial charge on any atom is -0.461 e. The first kappa shape index (κ1) is 14.0. The molecule has 1 heterocycles. The van der Waals surface area contributed by atoms with Crippen molar-refractivity contribution in [1.29, 1.82) is 0 Å². The Kier molecular flexibility index (Phi) is 4.87. The molecule has 0 unspecified atom stereocenters. The molecule has 0 spiro atoms. The lowest BCUT2D eigenvalue weighted by Crippen LogP contribution is -2.06. The topological polar surface area (TPSA) is 52.3 Å². The number of hydrogen-bond acceptors (Lipinski definition) is 5. The summed E-state index contributed by atoms with van der Waals surface area (Å²) < 4.78 is 5.21. The van der Waals surface area contributed by atoms with Crippen LogP contribution in [0.15, 0.2) is 41.3 Å². The maximum Gasteiger partial charge on any atom is 0.348 e. The van der Waals surface area contributed by atoms with Crippen LogP contribution in [-0.4, -0.2) is 18.3 Å². The number of aryl methyl sites for hydroxylation is 1. The van der Waals surface area contributed by atoms with Gasteiger partial charge >= 0.3 is 5.97 Å². The quantitative estimate of drug-likeness (QED) is 0.520. The lowest BCUT2D eigenvalue weighted by molar-refractivity contribution is 0.0536. The number of carbonyl (C=O) groups excluding carboxylic acids is 1. The number of rotatable bonds is 5. The zero-order chi connectivity index (χ0) is 13.7. The van der Waals surface area contributed by atoms with Gasteiger partial charge in [0.05, 0.1) is 0 Å². The Labute approximate surface area is 120 Å². The second kappa shape index (κ2) is 6.63. The predicted octanol–water partition coefficient (Wildman–Crippen LogP) is 3.59. The fraction of sp³-hybridized carbons (Fsp3) is 0.214. The summed E-state index contributed by atoms with van der Waals surface area (Å²) in [5, 5.41) is 0.